The third-order valence-electron chi connectivity index (χ3n) is 5.31. The average molecular weight is 421 g/mol. The van der Waals surface area contributed by atoms with Crippen LogP contribution < -0.4 is 15.4 Å². The number of carbonyl (C=O) groups excluding carboxylic acids is 1. The largest absolute Gasteiger partial charge is 0.473 e. The lowest BCUT2D eigenvalue weighted by molar-refractivity contribution is -0.114. The summed E-state index contributed by atoms with van der Waals surface area (Å²) >= 11 is 1.49. The first kappa shape index (κ1) is 20.0. The Morgan fingerprint density at radius 1 is 1.38 bits per heavy atom. The molecule has 2 N–H and O–H groups in total. The molecule has 0 spiro atoms. The fourth-order valence-corrected chi connectivity index (χ4v) is 4.49. The molecule has 1 aliphatic carbocycles. The number of anilines is 2. The highest BCUT2D eigenvalue weighted by Crippen LogP contribution is 2.29. The maximum absolute atomic E-state index is 13.5. The van der Waals surface area contributed by atoms with Crippen molar-refractivity contribution in [2.24, 2.45) is 0 Å². The van der Waals surface area contributed by atoms with Crippen LogP contribution >= 0.6 is 11.3 Å². The minimum atomic E-state index is -0.809. The van der Waals surface area contributed by atoms with Gasteiger partial charge in [0.25, 0.3) is 0 Å². The summed E-state index contributed by atoms with van der Waals surface area (Å²) in [4.78, 5) is 27.2. The number of aromatic nitrogens is 3. The van der Waals surface area contributed by atoms with Crippen LogP contribution in [-0.2, 0) is 11.3 Å². The van der Waals surface area contributed by atoms with Gasteiger partial charge in [0.05, 0.1) is 6.04 Å². The van der Waals surface area contributed by atoms with Crippen molar-refractivity contribution in [3.63, 3.8) is 0 Å². The van der Waals surface area contributed by atoms with Crippen molar-refractivity contribution >= 4 is 28.2 Å². The number of halogens is 1. The molecule has 0 aromatic carbocycles. The molecule has 0 bridgehead atoms. The maximum atomic E-state index is 13.5. The molecule has 29 heavy (non-hydrogen) atoms. The normalized spacial score (nSPS) is 26.7. The number of amides is 1. The van der Waals surface area contributed by atoms with E-state index in [0.29, 0.717) is 29.3 Å². The Morgan fingerprint density at radius 2 is 2.24 bits per heavy atom. The monoisotopic (exact) mass is 420 g/mol. The van der Waals surface area contributed by atoms with Gasteiger partial charge in [-0.1, -0.05) is 0 Å². The second kappa shape index (κ2) is 8.58. The van der Waals surface area contributed by atoms with Crippen LogP contribution in [0.1, 0.15) is 38.0 Å². The van der Waals surface area contributed by atoms with E-state index in [1.165, 1.54) is 24.6 Å². The number of ether oxygens (including phenoxy) is 1. The van der Waals surface area contributed by atoms with Gasteiger partial charge in [0, 0.05) is 49.6 Å². The number of carbonyl (C=O) groups is 1. The number of rotatable bonds is 7. The van der Waals surface area contributed by atoms with Crippen molar-refractivity contribution in [3.05, 3.63) is 23.5 Å². The fourth-order valence-electron chi connectivity index (χ4n) is 3.61. The number of thiazole rings is 1. The van der Waals surface area contributed by atoms with Gasteiger partial charge in [-0.3, -0.25) is 9.69 Å². The van der Waals surface area contributed by atoms with Gasteiger partial charge in [0.15, 0.2) is 5.13 Å². The highest BCUT2D eigenvalue weighted by molar-refractivity contribution is 7.15. The Hall–Kier alpha value is -2.33. The molecule has 10 heteroatoms. The number of nitrogens with zero attached hydrogens (tertiary/aromatic N) is 4. The van der Waals surface area contributed by atoms with E-state index in [1.54, 1.807) is 12.3 Å². The predicted octanol–water partition coefficient (Wildman–Crippen LogP) is 2.85. The van der Waals surface area contributed by atoms with E-state index in [-0.39, 0.29) is 18.1 Å². The lowest BCUT2D eigenvalue weighted by atomic mass is 9.91. The van der Waals surface area contributed by atoms with Crippen molar-refractivity contribution in [2.75, 3.05) is 17.2 Å². The molecule has 8 nitrogen and oxygen atoms in total. The van der Waals surface area contributed by atoms with Crippen molar-refractivity contribution in [2.45, 2.75) is 64.0 Å². The first-order chi connectivity index (χ1) is 14.0. The quantitative estimate of drug-likeness (QED) is 0.712. The van der Waals surface area contributed by atoms with Crippen molar-refractivity contribution in [1.82, 2.24) is 19.9 Å². The highest BCUT2D eigenvalue weighted by atomic mass is 32.1. The van der Waals surface area contributed by atoms with Gasteiger partial charge in [-0.2, -0.15) is 0 Å². The van der Waals surface area contributed by atoms with Gasteiger partial charge in [-0.25, -0.2) is 19.3 Å². The molecule has 2 aromatic heterocycles. The van der Waals surface area contributed by atoms with Gasteiger partial charge >= 0.3 is 0 Å². The highest BCUT2D eigenvalue weighted by Gasteiger charge is 2.32. The SMILES string of the molecule is CC(=O)Nc1ncc(CN2C[C@H](Oc3cc(NC4CCC4F)ncn3)C[C@@H]2C)s1. The Morgan fingerprint density at radius 3 is 2.97 bits per heavy atom. The van der Waals surface area contributed by atoms with Gasteiger partial charge < -0.3 is 15.4 Å². The summed E-state index contributed by atoms with van der Waals surface area (Å²) < 4.78 is 19.5. The van der Waals surface area contributed by atoms with E-state index in [1.807, 2.05) is 0 Å². The molecule has 1 saturated heterocycles. The number of nitrogens with one attached hydrogen (secondary N) is 2. The summed E-state index contributed by atoms with van der Waals surface area (Å²) in [7, 11) is 0. The van der Waals surface area contributed by atoms with Crippen LogP contribution in [0.25, 0.3) is 0 Å². The first-order valence-corrected chi connectivity index (χ1v) is 10.6. The molecule has 2 aliphatic rings. The van der Waals surface area contributed by atoms with Crippen LogP contribution in [0.5, 0.6) is 5.88 Å². The minimum Gasteiger partial charge on any atom is -0.473 e. The van der Waals surface area contributed by atoms with E-state index in [0.717, 1.165) is 30.8 Å². The van der Waals surface area contributed by atoms with Crippen LogP contribution in [0.15, 0.2) is 18.6 Å². The molecular formula is C19H25FN6O2S. The second-order valence-electron chi connectivity index (χ2n) is 7.65. The average Bonchev–Trinajstić information content (AvgIpc) is 3.24. The molecule has 1 saturated carbocycles. The Kier molecular flexibility index (Phi) is 5.91. The molecule has 2 unspecified atom stereocenters. The van der Waals surface area contributed by atoms with Crippen LogP contribution in [0.3, 0.4) is 0 Å². The predicted molar refractivity (Wildman–Crippen MR) is 109 cm³/mol. The standard InChI is InChI=1S/C19H25FN6O2S/c1-11-5-13(8-26(11)9-14-7-21-19(29-14)24-12(2)27)28-18-6-17(22-10-23-18)25-16-4-3-15(16)20/h6-7,10-11,13,15-16H,3-5,8-9H2,1-2H3,(H,21,24,27)(H,22,23,25)/t11-,13+,15?,16?/m0/s1. The zero-order chi connectivity index (χ0) is 20.4. The third kappa shape index (κ3) is 4.99. The minimum absolute atomic E-state index is 0.0214. The van der Waals surface area contributed by atoms with Gasteiger partial charge in [-0.15, -0.1) is 11.3 Å². The molecule has 4 atom stereocenters. The van der Waals surface area contributed by atoms with E-state index >= 15 is 0 Å². The second-order valence-corrected chi connectivity index (χ2v) is 8.77. The molecule has 1 amide bonds. The lowest BCUT2D eigenvalue weighted by Crippen LogP contribution is -2.40. The molecule has 2 aromatic rings. The molecule has 3 heterocycles. The molecular weight excluding hydrogens is 395 g/mol. The summed E-state index contributed by atoms with van der Waals surface area (Å²) in [6, 6.07) is 1.93. The van der Waals surface area contributed by atoms with E-state index in [4.69, 9.17) is 4.74 Å². The summed E-state index contributed by atoms with van der Waals surface area (Å²) in [6.45, 7) is 5.18. The van der Waals surface area contributed by atoms with E-state index < -0.39 is 6.17 Å². The molecule has 156 valence electrons. The molecule has 0 radical (unpaired) electrons. The van der Waals surface area contributed by atoms with Crippen molar-refractivity contribution < 1.29 is 13.9 Å². The summed E-state index contributed by atoms with van der Waals surface area (Å²) in [5.41, 5.74) is 0. The molecule has 4 rings (SSSR count). The number of hydrogen-bond acceptors (Lipinski definition) is 8. The lowest BCUT2D eigenvalue weighted by Gasteiger charge is -2.31. The van der Waals surface area contributed by atoms with Gasteiger partial charge in [0.2, 0.25) is 11.8 Å². The van der Waals surface area contributed by atoms with E-state index in [9.17, 15) is 9.18 Å². The van der Waals surface area contributed by atoms with Crippen LogP contribution in [0, 0.1) is 0 Å². The Balaban J connectivity index is 1.31. The van der Waals surface area contributed by atoms with E-state index in [2.05, 4.69) is 37.4 Å². The Labute approximate surface area is 172 Å². The number of hydrogen-bond donors (Lipinski definition) is 2. The zero-order valence-electron chi connectivity index (χ0n) is 16.5. The first-order valence-electron chi connectivity index (χ1n) is 9.82. The van der Waals surface area contributed by atoms with Crippen molar-refractivity contribution in [1.29, 1.82) is 0 Å². The summed E-state index contributed by atoms with van der Waals surface area (Å²) in [6.07, 6.45) is 4.77. The topological polar surface area (TPSA) is 92.3 Å². The smallest absolute Gasteiger partial charge is 0.223 e. The molecule has 2 fully saturated rings. The van der Waals surface area contributed by atoms with Crippen LogP contribution in [-0.4, -0.2) is 56.7 Å². The Bertz CT molecular complexity index is 865. The van der Waals surface area contributed by atoms with Crippen molar-refractivity contribution in [3.8, 4) is 5.88 Å². The van der Waals surface area contributed by atoms with Gasteiger partial charge in [-0.05, 0) is 19.8 Å². The third-order valence-corrected chi connectivity index (χ3v) is 6.21. The van der Waals surface area contributed by atoms with Crippen LogP contribution in [0.4, 0.5) is 15.3 Å². The number of alkyl halides is 1. The summed E-state index contributed by atoms with van der Waals surface area (Å²) in [5.74, 6) is 0.981. The fraction of sp³-hybridized carbons (Fsp3) is 0.579. The zero-order valence-corrected chi connectivity index (χ0v) is 17.3. The van der Waals surface area contributed by atoms with Gasteiger partial charge in [0.1, 0.15) is 24.4 Å². The number of likely N-dealkylation sites (tertiary alicyclic amines) is 1. The summed E-state index contributed by atoms with van der Waals surface area (Å²) in [5, 5.41) is 6.44. The van der Waals surface area contributed by atoms with Crippen LogP contribution in [0.2, 0.25) is 0 Å². The molecule has 1 aliphatic heterocycles. The maximum Gasteiger partial charge on any atom is 0.223 e.